The van der Waals surface area contributed by atoms with Crippen LogP contribution in [0.3, 0.4) is 0 Å². The lowest BCUT2D eigenvalue weighted by Crippen LogP contribution is -2.59. The van der Waals surface area contributed by atoms with E-state index in [2.05, 4.69) is 16.0 Å². The molecule has 0 spiro atoms. The van der Waals surface area contributed by atoms with Gasteiger partial charge in [0.05, 0.1) is 84.3 Å². The van der Waals surface area contributed by atoms with E-state index in [1.807, 2.05) is 0 Å². The number of aliphatic hydroxyl groups is 22. The normalized spacial score (nSPS) is 33.3. The molecule has 7 amide bonds. The predicted molar refractivity (Wildman–Crippen MR) is 426 cm³/mol. The molecule has 0 aromatic rings. The van der Waals surface area contributed by atoms with Crippen LogP contribution in [0.5, 0.6) is 0 Å². The van der Waals surface area contributed by atoms with E-state index >= 15 is 0 Å². The lowest BCUT2D eigenvalue weighted by atomic mass is 9.99. The van der Waals surface area contributed by atoms with Crippen molar-refractivity contribution in [3.63, 3.8) is 0 Å². The third-order valence-electron chi connectivity index (χ3n) is 22.0. The monoisotopic (exact) mass is 1860 g/mol. The van der Waals surface area contributed by atoms with E-state index in [0.717, 1.165) is 19.6 Å². The average Bonchev–Trinajstić information content (AvgIpc) is 0.812. The number of unbranched alkanes of at least 4 members (excludes halogenated alkanes) is 3. The number of Topliss-reactive ketones (excluding diaryl/α,β-unsaturated/α-hetero) is 2. The molecule has 128 heavy (non-hydrogen) atoms. The van der Waals surface area contributed by atoms with Crippen molar-refractivity contribution < 1.29 is 212 Å². The number of carbonyl (C=O) groups excluding carboxylic acids is 9. The van der Waals surface area contributed by atoms with Crippen LogP contribution in [0.25, 0.3) is 0 Å². The minimum Gasteiger partial charge on any atom is -0.394 e. The molecule has 0 saturated carbocycles. The largest absolute Gasteiger partial charge is 0.394 e. The number of rotatable bonds is 53. The highest BCUT2D eigenvalue weighted by Crippen LogP contribution is 2.29. The van der Waals surface area contributed by atoms with E-state index in [1.165, 1.54) is 20.8 Å². The first-order chi connectivity index (χ1) is 60.7. The Hall–Kier alpha value is -5.77. The van der Waals surface area contributed by atoms with Crippen LogP contribution in [-0.2, 0) is 100.0 Å². The molecule has 0 bridgehead atoms. The average molecular weight is 1860 g/mol. The Bertz CT molecular complexity index is 3210. The van der Waals surface area contributed by atoms with Crippen LogP contribution in [0.15, 0.2) is 0 Å². The molecule has 27 N–H and O–H groups in total. The van der Waals surface area contributed by atoms with Crippen LogP contribution in [0, 0.1) is 0 Å². The van der Waals surface area contributed by atoms with Crippen molar-refractivity contribution in [2.24, 2.45) is 5.73 Å². The number of nitrogens with zero attached hydrogens (tertiary/aromatic N) is 4. The quantitative estimate of drug-likeness (QED) is 0.0252. The smallest absolute Gasteiger partial charge is 0.242 e. The first-order valence-electron chi connectivity index (χ1n) is 42.7. The van der Waals surface area contributed by atoms with Crippen LogP contribution < -0.4 is 21.7 Å². The van der Waals surface area contributed by atoms with Crippen molar-refractivity contribution in [1.82, 2.24) is 35.6 Å². The maximum Gasteiger partial charge on any atom is 0.242 e. The Balaban J connectivity index is 0.000000457. The zero-order chi connectivity index (χ0) is 95.3. The molecule has 742 valence electrons. The third-order valence-corrected chi connectivity index (χ3v) is 22.0. The van der Waals surface area contributed by atoms with Crippen LogP contribution in [0.4, 0.5) is 0 Å². The molecule has 31 atom stereocenters. The van der Waals surface area contributed by atoms with E-state index in [-0.39, 0.29) is 109 Å². The zero-order valence-electron chi connectivity index (χ0n) is 72.0. The highest BCUT2D eigenvalue weighted by molar-refractivity contribution is 5.90. The third kappa shape index (κ3) is 34.9. The van der Waals surface area contributed by atoms with Crippen molar-refractivity contribution in [3.8, 4) is 0 Å². The molecule has 6 aliphatic heterocycles. The van der Waals surface area contributed by atoms with E-state index in [1.54, 1.807) is 6.92 Å². The second-order valence-corrected chi connectivity index (χ2v) is 31.7. The Morgan fingerprint density at radius 2 is 0.625 bits per heavy atom. The van der Waals surface area contributed by atoms with Crippen molar-refractivity contribution >= 4 is 52.9 Å². The maximum atomic E-state index is 14.1. The van der Waals surface area contributed by atoms with Gasteiger partial charge in [-0.15, -0.1) is 0 Å². The standard InChI is InChI=1S/C41H73N5O22.C36H63N3O21/c1-21(49)23(7-5-6-10-42)44-26(50)8-3-4-9-28(52)46(17-27(51)43-11-14-63-39-36(60)33(57)30(54)22(2)66-39)18-29(53)45(12-15-64-40-37(61)34(58)31(55)24(19-47)67-40)13-16-65-41-38(62)35(59)32(56)25(20-48)68-41;1-3-19(42)6-4-5-7-23(44)39(14-22(43)37-8-11-55-34-31(52)28(49)25(46)18(2)58-34)15-24(45)38(9-12-56-35-32(53)29(50)26(47)20(16-40)59-35)10-13-57-36-33(54)30(51)27(48)21(17-41)60-36/h22-25,30-41,47-48,54-62H,3-20,42H2,1-2H3,(H,43,51)(H,44,50);18,20-21,25-36,40-41,46-54H,3-17H2,1-2H3,(H,37,43)/t22-,23-,24+,25+,30+,31+,32+,33+,34-,35-,36-,37-,38-,39+,40?,41?;18-,20+,21+,25+,26+,27+,28+,29-,30-,31-,32-,33-,34+,35?,36?/m00/s1. The van der Waals surface area contributed by atoms with Crippen molar-refractivity contribution in [2.45, 2.75) is 295 Å². The van der Waals surface area contributed by atoms with Gasteiger partial charge in [-0.05, 0) is 72.3 Å². The summed E-state index contributed by atoms with van der Waals surface area (Å²) in [6.07, 6.45) is -42.9. The second-order valence-electron chi connectivity index (χ2n) is 31.7. The predicted octanol–water partition coefficient (Wildman–Crippen LogP) is -15.2. The fraction of sp³-hybridized carbons (Fsp3) is 0.883. The first-order valence-corrected chi connectivity index (χ1v) is 42.7. The number of carbonyl (C=O) groups is 9. The number of hydrogen-bond acceptors (Lipinski definition) is 44. The number of hydrogen-bond donors (Lipinski definition) is 26. The summed E-state index contributed by atoms with van der Waals surface area (Å²) >= 11 is 0. The Morgan fingerprint density at radius 1 is 0.336 bits per heavy atom. The van der Waals surface area contributed by atoms with E-state index in [0.29, 0.717) is 38.6 Å². The molecule has 51 heteroatoms. The van der Waals surface area contributed by atoms with E-state index in [4.69, 9.17) is 62.6 Å². The summed E-state index contributed by atoms with van der Waals surface area (Å²) in [6, 6.07) is -0.697. The molecule has 6 aliphatic rings. The van der Waals surface area contributed by atoms with Gasteiger partial charge in [0.25, 0.3) is 0 Å². The van der Waals surface area contributed by atoms with Crippen LogP contribution in [0.1, 0.15) is 105 Å². The summed E-state index contributed by atoms with van der Waals surface area (Å²) in [4.78, 5) is 122. The maximum absolute atomic E-state index is 14.1. The molecular formula is C77H136N8O43. The summed E-state index contributed by atoms with van der Waals surface area (Å²) in [7, 11) is 0. The number of ether oxygens (including phenoxy) is 12. The Kier molecular flexibility index (Phi) is 50.8. The first kappa shape index (κ1) is 113. The van der Waals surface area contributed by atoms with Gasteiger partial charge in [-0.25, -0.2) is 0 Å². The fourth-order valence-corrected chi connectivity index (χ4v) is 13.9. The van der Waals surface area contributed by atoms with Gasteiger partial charge >= 0.3 is 0 Å². The van der Waals surface area contributed by atoms with Gasteiger partial charge in [-0.2, -0.15) is 0 Å². The number of nitrogens with two attached hydrogens (primary N) is 1. The van der Waals surface area contributed by atoms with Gasteiger partial charge in [0.15, 0.2) is 43.5 Å². The van der Waals surface area contributed by atoms with Gasteiger partial charge in [0.2, 0.25) is 41.4 Å². The molecule has 0 aromatic carbocycles. The van der Waals surface area contributed by atoms with Crippen LogP contribution >= 0.6 is 0 Å². The SMILES string of the molecule is CC(=O)[C@H](CCCCN)NC(=O)CCCCC(=O)N(CC(=O)NCCO[C@@H]1O[C@@H](C)[C@@H](O)[C@@H](O)[C@@H]1O)CC(=O)N(CCOC1O[C@H](CO)[C@@H](O)[C@H](O)[C@@H]1O)CCOC1O[C@H](CO)[C@@H](O)[C@H](O)[C@@H]1O.CCC(=O)CCCCC(=O)N(CC(=O)NCCO[C@@H]1O[C@@H](C)[C@@H](O)[C@@H](O)[C@@H]1O)CC(=O)N(CCOC1O[C@H](CO)[C@@H](O)[C@H](O)[C@@H]1O)CCOC1O[C@H](CO)[C@@H](O)[C@H](O)[C@@H]1O. The Labute approximate surface area is 737 Å². The second kappa shape index (κ2) is 57.7. The van der Waals surface area contributed by atoms with E-state index < -0.39 is 311 Å². The number of amides is 7. The highest BCUT2D eigenvalue weighted by atomic mass is 16.7. The van der Waals surface area contributed by atoms with Gasteiger partial charge in [0.1, 0.15) is 166 Å². The Morgan fingerprint density at radius 3 is 0.922 bits per heavy atom. The topological polar surface area (TPSA) is 785 Å². The molecule has 0 aromatic heterocycles. The lowest BCUT2D eigenvalue weighted by Gasteiger charge is -2.40. The minimum absolute atomic E-state index is 0.00474. The summed E-state index contributed by atoms with van der Waals surface area (Å²) in [6.45, 7) is -3.09. The lowest BCUT2D eigenvalue weighted by molar-refractivity contribution is -0.303. The summed E-state index contributed by atoms with van der Waals surface area (Å²) < 4.78 is 65.3. The number of nitrogens with one attached hydrogen (secondary N) is 3. The molecule has 6 fully saturated rings. The molecule has 51 nitrogen and oxygen atoms in total. The van der Waals surface area contributed by atoms with Crippen molar-refractivity contribution in [2.75, 3.05) is 138 Å². The number of aliphatic hydroxyl groups excluding tert-OH is 22. The molecule has 0 radical (unpaired) electrons. The van der Waals surface area contributed by atoms with Gasteiger partial charge in [0, 0.05) is 71.4 Å². The van der Waals surface area contributed by atoms with Crippen LogP contribution in [0.2, 0.25) is 0 Å². The molecule has 4 unspecified atom stereocenters. The van der Waals surface area contributed by atoms with Crippen LogP contribution in [-0.4, -0.2) is 513 Å². The summed E-state index contributed by atoms with van der Waals surface area (Å²) in [5, 5.41) is 229. The fourth-order valence-electron chi connectivity index (χ4n) is 13.9. The number of ketones is 2. The summed E-state index contributed by atoms with van der Waals surface area (Å²) in [5.74, 6) is -5.03. The highest BCUT2D eigenvalue weighted by Gasteiger charge is 2.50. The molecule has 6 heterocycles. The molecular weight excluding hydrogens is 1720 g/mol. The molecule has 0 aliphatic carbocycles. The van der Waals surface area contributed by atoms with Gasteiger partial charge < -0.3 is 210 Å². The summed E-state index contributed by atoms with van der Waals surface area (Å²) in [5.41, 5.74) is 5.53. The molecule has 6 saturated heterocycles. The van der Waals surface area contributed by atoms with Crippen molar-refractivity contribution in [3.05, 3.63) is 0 Å². The van der Waals surface area contributed by atoms with Gasteiger partial charge in [-0.1, -0.05) is 6.92 Å². The molecule has 6 rings (SSSR count). The van der Waals surface area contributed by atoms with Crippen molar-refractivity contribution in [1.29, 1.82) is 0 Å². The zero-order valence-corrected chi connectivity index (χ0v) is 72.0. The minimum atomic E-state index is -1.78. The van der Waals surface area contributed by atoms with E-state index in [9.17, 15) is 155 Å². The van der Waals surface area contributed by atoms with Gasteiger partial charge in [-0.3, -0.25) is 43.2 Å².